The van der Waals surface area contributed by atoms with Crippen LogP contribution in [0, 0.1) is 0 Å². The topological polar surface area (TPSA) is 63.7 Å². The third-order valence-corrected chi connectivity index (χ3v) is 4.26. The van der Waals surface area contributed by atoms with Crippen molar-refractivity contribution < 1.29 is 17.9 Å². The number of rotatable bonds is 6. The van der Waals surface area contributed by atoms with E-state index in [2.05, 4.69) is 0 Å². The summed E-state index contributed by atoms with van der Waals surface area (Å²) in [7, 11) is -0.264. The van der Waals surface area contributed by atoms with Crippen LogP contribution in [-0.4, -0.2) is 45.1 Å². The van der Waals surface area contributed by atoms with Crippen LogP contribution < -0.4 is 0 Å². The number of esters is 1. The molecule has 0 spiro atoms. The molecule has 0 fully saturated rings. The van der Waals surface area contributed by atoms with E-state index >= 15 is 0 Å². The van der Waals surface area contributed by atoms with Gasteiger partial charge in [-0.15, -0.1) is 0 Å². The van der Waals surface area contributed by atoms with Crippen molar-refractivity contribution in [1.29, 1.82) is 0 Å². The smallest absolute Gasteiger partial charge is 0.338 e. The Morgan fingerprint density at radius 1 is 1.22 bits per heavy atom. The van der Waals surface area contributed by atoms with Crippen LogP contribution in [-0.2, 0) is 14.8 Å². The first-order valence-electron chi connectivity index (χ1n) is 5.56. The fraction of sp³-hybridized carbons (Fsp3) is 0.417. The molecule has 1 rings (SSSR count). The van der Waals surface area contributed by atoms with Gasteiger partial charge in [0.1, 0.15) is 0 Å². The molecule has 0 saturated carbocycles. The first-order chi connectivity index (χ1) is 8.43. The summed E-state index contributed by atoms with van der Waals surface area (Å²) in [6.45, 7) is 0.0980. The van der Waals surface area contributed by atoms with E-state index in [-0.39, 0.29) is 12.4 Å². The number of benzene rings is 1. The van der Waals surface area contributed by atoms with Gasteiger partial charge >= 0.3 is 5.97 Å². The molecule has 100 valence electrons. The lowest BCUT2D eigenvalue weighted by Gasteiger charge is -2.10. The van der Waals surface area contributed by atoms with Gasteiger partial charge in [0.2, 0.25) is 10.0 Å². The minimum Gasteiger partial charge on any atom is -0.462 e. The number of sulfonamides is 1. The zero-order chi connectivity index (χ0) is 13.6. The maximum absolute atomic E-state index is 11.5. The normalized spacial score (nSPS) is 11.5. The summed E-state index contributed by atoms with van der Waals surface area (Å²) in [5.41, 5.74) is 0.466. The minimum absolute atomic E-state index is 0.0257. The minimum atomic E-state index is -3.22. The van der Waals surface area contributed by atoms with E-state index in [4.69, 9.17) is 4.74 Å². The van der Waals surface area contributed by atoms with Crippen molar-refractivity contribution in [3.05, 3.63) is 35.9 Å². The molecule has 0 aromatic heterocycles. The first kappa shape index (κ1) is 14.7. The molecule has 18 heavy (non-hydrogen) atoms. The molecule has 0 saturated heterocycles. The van der Waals surface area contributed by atoms with E-state index in [0.29, 0.717) is 12.0 Å². The zero-order valence-corrected chi connectivity index (χ0v) is 11.3. The Kier molecular flexibility index (Phi) is 5.30. The number of carbonyl (C=O) groups excluding carboxylic acids is 1. The highest BCUT2D eigenvalue weighted by atomic mass is 32.2. The van der Waals surface area contributed by atoms with Crippen molar-refractivity contribution in [2.24, 2.45) is 0 Å². The van der Waals surface area contributed by atoms with Crippen molar-refractivity contribution in [3.8, 4) is 0 Å². The van der Waals surface area contributed by atoms with E-state index in [1.54, 1.807) is 30.3 Å². The molecule has 5 nitrogen and oxygen atoms in total. The molecule has 0 aliphatic carbocycles. The second-order valence-corrected chi connectivity index (χ2v) is 6.26. The molecular formula is C12H17NO4S. The summed E-state index contributed by atoms with van der Waals surface area (Å²) in [6, 6.07) is 8.60. The van der Waals surface area contributed by atoms with Crippen molar-refractivity contribution >= 4 is 16.0 Å². The van der Waals surface area contributed by atoms with Crippen LogP contribution in [0.15, 0.2) is 30.3 Å². The summed E-state index contributed by atoms with van der Waals surface area (Å²) in [5, 5.41) is 0. The predicted octanol–water partition coefficient (Wildman–Crippen LogP) is 1.12. The van der Waals surface area contributed by atoms with E-state index in [0.717, 1.165) is 4.31 Å². The molecular weight excluding hydrogens is 254 g/mol. The standard InChI is InChI=1S/C12H17NO4S/c1-13(2)18(15,16)10-6-9-17-12(14)11-7-4-3-5-8-11/h3-5,7-8H,6,9-10H2,1-2H3. The van der Waals surface area contributed by atoms with Crippen LogP contribution in [0.3, 0.4) is 0 Å². The molecule has 0 heterocycles. The molecule has 0 bridgehead atoms. The molecule has 0 aliphatic rings. The van der Waals surface area contributed by atoms with Gasteiger partial charge in [0.05, 0.1) is 17.9 Å². The molecule has 0 N–H and O–H groups in total. The molecule has 0 aliphatic heterocycles. The zero-order valence-electron chi connectivity index (χ0n) is 10.5. The maximum Gasteiger partial charge on any atom is 0.338 e. The third kappa shape index (κ3) is 4.46. The van der Waals surface area contributed by atoms with Crippen molar-refractivity contribution in [2.75, 3.05) is 26.5 Å². The second-order valence-electron chi connectivity index (χ2n) is 3.95. The van der Waals surface area contributed by atoms with Gasteiger partial charge in [-0.1, -0.05) is 18.2 Å². The molecule has 6 heteroatoms. The molecule has 0 atom stereocenters. The van der Waals surface area contributed by atoms with Crippen molar-refractivity contribution in [3.63, 3.8) is 0 Å². The van der Waals surface area contributed by atoms with Crippen LogP contribution in [0.5, 0.6) is 0 Å². The Morgan fingerprint density at radius 3 is 2.39 bits per heavy atom. The van der Waals surface area contributed by atoms with Crippen LogP contribution in [0.4, 0.5) is 0 Å². The lowest BCUT2D eigenvalue weighted by atomic mass is 10.2. The predicted molar refractivity (Wildman–Crippen MR) is 68.8 cm³/mol. The van der Waals surface area contributed by atoms with Gasteiger partial charge in [0.25, 0.3) is 0 Å². The lowest BCUT2D eigenvalue weighted by Crippen LogP contribution is -2.25. The number of nitrogens with zero attached hydrogens (tertiary/aromatic N) is 1. The quantitative estimate of drug-likeness (QED) is 0.574. The summed E-state index contributed by atoms with van der Waals surface area (Å²) < 4.78 is 29.0. The fourth-order valence-electron chi connectivity index (χ4n) is 1.25. The number of hydrogen-bond acceptors (Lipinski definition) is 4. The van der Waals surface area contributed by atoms with Crippen LogP contribution in [0.2, 0.25) is 0 Å². The third-order valence-electron chi connectivity index (χ3n) is 2.35. The Hall–Kier alpha value is -1.40. The monoisotopic (exact) mass is 271 g/mol. The number of hydrogen-bond donors (Lipinski definition) is 0. The van der Waals surface area contributed by atoms with Crippen molar-refractivity contribution in [2.45, 2.75) is 6.42 Å². The van der Waals surface area contributed by atoms with Gasteiger partial charge in [0.15, 0.2) is 0 Å². The fourth-order valence-corrected chi connectivity index (χ4v) is 2.09. The van der Waals surface area contributed by atoms with E-state index in [1.165, 1.54) is 14.1 Å². The molecule has 1 aromatic carbocycles. The van der Waals surface area contributed by atoms with Gasteiger partial charge in [0, 0.05) is 14.1 Å². The van der Waals surface area contributed by atoms with E-state index in [1.807, 2.05) is 0 Å². The summed E-state index contributed by atoms with van der Waals surface area (Å²) in [4.78, 5) is 11.5. The highest BCUT2D eigenvalue weighted by molar-refractivity contribution is 7.89. The lowest BCUT2D eigenvalue weighted by molar-refractivity contribution is 0.0505. The Balaban J connectivity index is 2.34. The maximum atomic E-state index is 11.5. The summed E-state index contributed by atoms with van der Waals surface area (Å²) >= 11 is 0. The SMILES string of the molecule is CN(C)S(=O)(=O)CCCOC(=O)c1ccccc1. The highest BCUT2D eigenvalue weighted by Gasteiger charge is 2.13. The first-order valence-corrected chi connectivity index (χ1v) is 7.17. The van der Waals surface area contributed by atoms with Gasteiger partial charge in [-0.25, -0.2) is 17.5 Å². The summed E-state index contributed by atoms with van der Waals surface area (Å²) in [6.07, 6.45) is 0.291. The molecule has 0 unspecified atom stereocenters. The van der Waals surface area contributed by atoms with Crippen LogP contribution in [0.1, 0.15) is 16.8 Å². The van der Waals surface area contributed by atoms with Gasteiger partial charge in [-0.3, -0.25) is 0 Å². The second kappa shape index (κ2) is 6.51. The van der Waals surface area contributed by atoms with Crippen LogP contribution in [0.25, 0.3) is 0 Å². The van der Waals surface area contributed by atoms with Gasteiger partial charge in [-0.05, 0) is 18.6 Å². The Bertz CT molecular complexity index is 482. The number of carbonyl (C=O) groups is 1. The number of ether oxygens (including phenoxy) is 1. The molecule has 0 radical (unpaired) electrons. The molecule has 1 aromatic rings. The van der Waals surface area contributed by atoms with E-state index < -0.39 is 16.0 Å². The molecule has 0 amide bonds. The largest absolute Gasteiger partial charge is 0.462 e. The van der Waals surface area contributed by atoms with Gasteiger partial charge < -0.3 is 4.74 Å². The Labute approximate surface area is 107 Å². The van der Waals surface area contributed by atoms with Crippen LogP contribution >= 0.6 is 0 Å². The summed E-state index contributed by atoms with van der Waals surface area (Å²) in [5.74, 6) is -0.458. The van der Waals surface area contributed by atoms with Crippen molar-refractivity contribution in [1.82, 2.24) is 4.31 Å². The Morgan fingerprint density at radius 2 is 1.83 bits per heavy atom. The average Bonchev–Trinajstić information content (AvgIpc) is 2.35. The average molecular weight is 271 g/mol. The van der Waals surface area contributed by atoms with E-state index in [9.17, 15) is 13.2 Å². The van der Waals surface area contributed by atoms with Gasteiger partial charge in [-0.2, -0.15) is 0 Å². The highest BCUT2D eigenvalue weighted by Crippen LogP contribution is 2.02.